The van der Waals surface area contributed by atoms with Gasteiger partial charge < -0.3 is 15.6 Å². The fraction of sp³-hybridized carbons (Fsp3) is 0.130. The molecule has 0 saturated heterocycles. The SMILES string of the molecule is Cc1ccccc1Nc1ccnc(C(=O)NCCc2c[nH]c3ccccc23)c1. The van der Waals surface area contributed by atoms with E-state index in [9.17, 15) is 4.79 Å². The van der Waals surface area contributed by atoms with Gasteiger partial charge in [0.25, 0.3) is 5.91 Å². The summed E-state index contributed by atoms with van der Waals surface area (Å²) in [7, 11) is 0. The topological polar surface area (TPSA) is 69.8 Å². The number of carbonyl (C=O) groups excluding carboxylic acids is 1. The largest absolute Gasteiger partial charge is 0.361 e. The molecule has 140 valence electrons. The quantitative estimate of drug-likeness (QED) is 0.465. The fourth-order valence-electron chi connectivity index (χ4n) is 3.24. The number of pyridine rings is 1. The second-order valence-corrected chi connectivity index (χ2v) is 6.74. The minimum Gasteiger partial charge on any atom is -0.361 e. The number of aryl methyl sites for hydroxylation is 1. The molecule has 0 saturated carbocycles. The summed E-state index contributed by atoms with van der Waals surface area (Å²) in [5.74, 6) is -0.173. The number of anilines is 2. The Bertz CT molecular complexity index is 1120. The fourth-order valence-corrected chi connectivity index (χ4v) is 3.24. The van der Waals surface area contributed by atoms with Crippen molar-refractivity contribution in [3.8, 4) is 0 Å². The van der Waals surface area contributed by atoms with E-state index in [0.29, 0.717) is 12.2 Å². The number of H-pyrrole nitrogens is 1. The number of hydrogen-bond donors (Lipinski definition) is 3. The Morgan fingerprint density at radius 3 is 2.79 bits per heavy atom. The van der Waals surface area contributed by atoms with Gasteiger partial charge in [0.2, 0.25) is 0 Å². The first kappa shape index (κ1) is 17.8. The van der Waals surface area contributed by atoms with Crippen LogP contribution in [0.2, 0.25) is 0 Å². The predicted molar refractivity (Wildman–Crippen MR) is 113 cm³/mol. The highest BCUT2D eigenvalue weighted by Gasteiger charge is 2.09. The van der Waals surface area contributed by atoms with Gasteiger partial charge in [-0.15, -0.1) is 0 Å². The van der Waals surface area contributed by atoms with Crippen molar-refractivity contribution in [3.63, 3.8) is 0 Å². The second-order valence-electron chi connectivity index (χ2n) is 6.74. The molecule has 0 atom stereocenters. The number of carbonyl (C=O) groups is 1. The smallest absolute Gasteiger partial charge is 0.269 e. The molecular weight excluding hydrogens is 348 g/mol. The Labute approximate surface area is 163 Å². The number of rotatable bonds is 6. The normalized spacial score (nSPS) is 10.8. The molecule has 4 aromatic rings. The molecule has 2 aromatic heterocycles. The lowest BCUT2D eigenvalue weighted by atomic mass is 10.1. The maximum absolute atomic E-state index is 12.5. The van der Waals surface area contributed by atoms with Gasteiger partial charge in [-0.05, 0) is 48.7 Å². The highest BCUT2D eigenvalue weighted by molar-refractivity contribution is 5.93. The number of nitrogens with zero attached hydrogens (tertiary/aromatic N) is 1. The summed E-state index contributed by atoms with van der Waals surface area (Å²) in [6.45, 7) is 2.60. The average Bonchev–Trinajstić information content (AvgIpc) is 3.13. The molecule has 28 heavy (non-hydrogen) atoms. The number of fused-ring (bicyclic) bond motifs is 1. The minimum atomic E-state index is -0.173. The van der Waals surface area contributed by atoms with Gasteiger partial charge in [0.15, 0.2) is 0 Å². The number of aromatic amines is 1. The van der Waals surface area contributed by atoms with Crippen LogP contribution in [-0.2, 0) is 6.42 Å². The first-order valence-corrected chi connectivity index (χ1v) is 9.32. The van der Waals surface area contributed by atoms with Crippen LogP contribution >= 0.6 is 0 Å². The highest BCUT2D eigenvalue weighted by Crippen LogP contribution is 2.20. The molecule has 0 unspecified atom stereocenters. The number of benzene rings is 2. The van der Waals surface area contributed by atoms with E-state index in [-0.39, 0.29) is 5.91 Å². The summed E-state index contributed by atoms with van der Waals surface area (Å²) in [4.78, 5) is 20.0. The summed E-state index contributed by atoms with van der Waals surface area (Å²) in [6.07, 6.45) is 4.41. The maximum atomic E-state index is 12.5. The van der Waals surface area contributed by atoms with Crippen LogP contribution in [-0.4, -0.2) is 22.4 Å². The van der Waals surface area contributed by atoms with Crippen LogP contribution in [0.4, 0.5) is 11.4 Å². The first-order chi connectivity index (χ1) is 13.7. The van der Waals surface area contributed by atoms with Gasteiger partial charge in [-0.2, -0.15) is 0 Å². The van der Waals surface area contributed by atoms with Gasteiger partial charge in [-0.25, -0.2) is 0 Å². The van der Waals surface area contributed by atoms with Gasteiger partial charge >= 0.3 is 0 Å². The lowest BCUT2D eigenvalue weighted by Crippen LogP contribution is -2.26. The van der Waals surface area contributed by atoms with Crippen LogP contribution in [0.25, 0.3) is 10.9 Å². The highest BCUT2D eigenvalue weighted by atomic mass is 16.1. The molecular formula is C23H22N4O. The van der Waals surface area contributed by atoms with Crippen LogP contribution in [0.1, 0.15) is 21.6 Å². The van der Waals surface area contributed by atoms with E-state index >= 15 is 0 Å². The molecule has 5 heteroatoms. The molecule has 0 radical (unpaired) electrons. The zero-order chi connectivity index (χ0) is 19.3. The van der Waals surface area contributed by atoms with Crippen LogP contribution in [0.3, 0.4) is 0 Å². The lowest BCUT2D eigenvalue weighted by Gasteiger charge is -2.10. The summed E-state index contributed by atoms with van der Waals surface area (Å²) in [5, 5.41) is 7.50. The van der Waals surface area contributed by atoms with Gasteiger partial charge in [0, 0.05) is 41.2 Å². The Hall–Kier alpha value is -3.60. The molecule has 2 heterocycles. The number of nitrogens with one attached hydrogen (secondary N) is 3. The Morgan fingerprint density at radius 1 is 1.07 bits per heavy atom. The molecule has 2 aromatic carbocycles. The monoisotopic (exact) mass is 370 g/mol. The van der Waals surface area contributed by atoms with E-state index in [2.05, 4.69) is 26.7 Å². The zero-order valence-corrected chi connectivity index (χ0v) is 15.7. The van der Waals surface area contributed by atoms with Crippen LogP contribution in [0.15, 0.2) is 73.1 Å². The molecule has 4 rings (SSSR count). The molecule has 0 aliphatic heterocycles. The van der Waals surface area contributed by atoms with Gasteiger partial charge in [-0.1, -0.05) is 36.4 Å². The van der Waals surface area contributed by atoms with Crippen molar-refractivity contribution in [2.75, 3.05) is 11.9 Å². The van der Waals surface area contributed by atoms with E-state index in [1.807, 2.05) is 61.7 Å². The molecule has 0 fully saturated rings. The van der Waals surface area contributed by atoms with Gasteiger partial charge in [0.1, 0.15) is 5.69 Å². The van der Waals surface area contributed by atoms with Gasteiger partial charge in [-0.3, -0.25) is 9.78 Å². The van der Waals surface area contributed by atoms with E-state index in [1.54, 1.807) is 12.3 Å². The minimum absolute atomic E-state index is 0.173. The summed E-state index contributed by atoms with van der Waals surface area (Å²) in [5.41, 5.74) is 5.70. The van der Waals surface area contributed by atoms with Crippen molar-refractivity contribution < 1.29 is 4.79 Å². The third-order valence-electron chi connectivity index (χ3n) is 4.77. The van der Waals surface area contributed by atoms with E-state index in [4.69, 9.17) is 0 Å². The van der Waals surface area contributed by atoms with Crippen LogP contribution < -0.4 is 10.6 Å². The predicted octanol–water partition coefficient (Wildman–Crippen LogP) is 4.59. The Kier molecular flexibility index (Phi) is 5.06. The van der Waals surface area contributed by atoms with Gasteiger partial charge in [0.05, 0.1) is 0 Å². The first-order valence-electron chi connectivity index (χ1n) is 9.32. The number of para-hydroxylation sites is 2. The van der Waals surface area contributed by atoms with Crippen LogP contribution in [0, 0.1) is 6.92 Å². The lowest BCUT2D eigenvalue weighted by molar-refractivity contribution is 0.0949. The molecule has 5 nitrogen and oxygen atoms in total. The average molecular weight is 370 g/mol. The number of hydrogen-bond acceptors (Lipinski definition) is 3. The van der Waals surface area contributed by atoms with Crippen LogP contribution in [0.5, 0.6) is 0 Å². The second kappa shape index (κ2) is 7.96. The van der Waals surface area contributed by atoms with E-state index in [1.165, 1.54) is 10.9 Å². The standard InChI is InChI=1S/C23H22N4O/c1-16-6-2-4-8-20(16)27-18-11-13-24-22(14-18)23(28)25-12-10-17-15-26-21-9-5-3-7-19(17)21/h2-9,11,13-15,26H,10,12H2,1H3,(H,24,27)(H,25,28). The van der Waals surface area contributed by atoms with E-state index in [0.717, 1.165) is 28.9 Å². The number of aromatic nitrogens is 2. The summed E-state index contributed by atoms with van der Waals surface area (Å²) in [6, 6.07) is 19.8. The molecule has 3 N–H and O–H groups in total. The third kappa shape index (κ3) is 3.88. The Morgan fingerprint density at radius 2 is 1.89 bits per heavy atom. The summed E-state index contributed by atoms with van der Waals surface area (Å²) >= 11 is 0. The third-order valence-corrected chi connectivity index (χ3v) is 4.77. The molecule has 1 amide bonds. The van der Waals surface area contributed by atoms with Crippen molar-refractivity contribution in [2.24, 2.45) is 0 Å². The van der Waals surface area contributed by atoms with Crippen molar-refractivity contribution in [3.05, 3.63) is 89.9 Å². The van der Waals surface area contributed by atoms with Crippen molar-refractivity contribution in [1.29, 1.82) is 0 Å². The zero-order valence-electron chi connectivity index (χ0n) is 15.7. The Balaban J connectivity index is 1.39. The maximum Gasteiger partial charge on any atom is 0.269 e. The van der Waals surface area contributed by atoms with Crippen molar-refractivity contribution >= 4 is 28.2 Å². The molecule has 0 aliphatic rings. The molecule has 0 aliphatic carbocycles. The van der Waals surface area contributed by atoms with Crippen molar-refractivity contribution in [1.82, 2.24) is 15.3 Å². The van der Waals surface area contributed by atoms with Crippen molar-refractivity contribution in [2.45, 2.75) is 13.3 Å². The van der Waals surface area contributed by atoms with E-state index < -0.39 is 0 Å². The number of amides is 1. The molecule has 0 bridgehead atoms. The summed E-state index contributed by atoms with van der Waals surface area (Å²) < 4.78 is 0. The molecule has 0 spiro atoms.